The standard InChI is InChI=1S/C11H17BrN4/c12-9-6-14-8-15-10(9)16-11(7-13)4-2-1-3-5-11/h6,8H,1-5,7,13H2,(H,14,15,16). The molecule has 0 aromatic carbocycles. The van der Waals surface area contributed by atoms with Crippen LogP contribution in [0.4, 0.5) is 5.82 Å². The number of aromatic nitrogens is 2. The lowest BCUT2D eigenvalue weighted by Gasteiger charge is -2.37. The predicted molar refractivity (Wildman–Crippen MR) is 68.2 cm³/mol. The number of nitrogens with one attached hydrogen (secondary N) is 1. The molecule has 88 valence electrons. The van der Waals surface area contributed by atoms with Crippen LogP contribution in [0.15, 0.2) is 17.0 Å². The Morgan fingerprint density at radius 1 is 1.38 bits per heavy atom. The lowest BCUT2D eigenvalue weighted by Crippen LogP contribution is -2.47. The summed E-state index contributed by atoms with van der Waals surface area (Å²) in [5, 5.41) is 3.49. The van der Waals surface area contributed by atoms with Gasteiger partial charge in [-0.2, -0.15) is 0 Å². The molecule has 0 spiro atoms. The summed E-state index contributed by atoms with van der Waals surface area (Å²) in [6, 6.07) is 0. The minimum Gasteiger partial charge on any atom is -0.362 e. The van der Waals surface area contributed by atoms with Crippen LogP contribution in [0.2, 0.25) is 0 Å². The van der Waals surface area contributed by atoms with Gasteiger partial charge in [-0.15, -0.1) is 0 Å². The summed E-state index contributed by atoms with van der Waals surface area (Å²) in [7, 11) is 0. The molecule has 16 heavy (non-hydrogen) atoms. The van der Waals surface area contributed by atoms with Crippen molar-refractivity contribution >= 4 is 21.7 Å². The smallest absolute Gasteiger partial charge is 0.144 e. The van der Waals surface area contributed by atoms with Crippen LogP contribution in [0.3, 0.4) is 0 Å². The van der Waals surface area contributed by atoms with E-state index in [1.165, 1.54) is 19.3 Å². The molecule has 1 fully saturated rings. The number of anilines is 1. The van der Waals surface area contributed by atoms with Crippen LogP contribution < -0.4 is 11.1 Å². The first-order valence-corrected chi connectivity index (χ1v) is 6.49. The molecule has 0 unspecified atom stereocenters. The normalized spacial score (nSPS) is 19.4. The summed E-state index contributed by atoms with van der Waals surface area (Å²) in [6.07, 6.45) is 9.36. The van der Waals surface area contributed by atoms with Gasteiger partial charge in [-0.3, -0.25) is 0 Å². The number of rotatable bonds is 3. The second-order valence-electron chi connectivity index (χ2n) is 4.39. The van der Waals surface area contributed by atoms with Crippen molar-refractivity contribution in [3.63, 3.8) is 0 Å². The summed E-state index contributed by atoms with van der Waals surface area (Å²) in [5.41, 5.74) is 5.94. The Bertz CT molecular complexity index is 350. The third-order valence-electron chi connectivity index (χ3n) is 3.25. The Morgan fingerprint density at radius 3 is 2.75 bits per heavy atom. The lowest BCUT2D eigenvalue weighted by molar-refractivity contribution is 0.330. The SMILES string of the molecule is NCC1(Nc2ncncc2Br)CCCCC1. The highest BCUT2D eigenvalue weighted by Crippen LogP contribution is 2.32. The lowest BCUT2D eigenvalue weighted by atomic mass is 9.82. The van der Waals surface area contributed by atoms with Crippen molar-refractivity contribution in [2.75, 3.05) is 11.9 Å². The van der Waals surface area contributed by atoms with Crippen LogP contribution in [0.5, 0.6) is 0 Å². The highest BCUT2D eigenvalue weighted by molar-refractivity contribution is 9.10. The highest BCUT2D eigenvalue weighted by atomic mass is 79.9. The third kappa shape index (κ3) is 2.52. The van der Waals surface area contributed by atoms with Gasteiger partial charge in [0.05, 0.1) is 10.0 Å². The monoisotopic (exact) mass is 284 g/mol. The van der Waals surface area contributed by atoms with Gasteiger partial charge < -0.3 is 11.1 Å². The molecular weight excluding hydrogens is 268 g/mol. The van der Waals surface area contributed by atoms with Crippen molar-refractivity contribution in [2.45, 2.75) is 37.6 Å². The Labute approximate surface area is 104 Å². The van der Waals surface area contributed by atoms with E-state index in [2.05, 4.69) is 31.2 Å². The van der Waals surface area contributed by atoms with Gasteiger partial charge in [0.25, 0.3) is 0 Å². The molecule has 1 saturated carbocycles. The number of nitrogens with zero attached hydrogens (tertiary/aromatic N) is 2. The molecule has 1 aliphatic carbocycles. The van der Waals surface area contributed by atoms with E-state index >= 15 is 0 Å². The zero-order valence-corrected chi connectivity index (χ0v) is 10.8. The molecule has 2 rings (SSSR count). The van der Waals surface area contributed by atoms with E-state index in [0.717, 1.165) is 23.1 Å². The second kappa shape index (κ2) is 5.10. The molecule has 0 bridgehead atoms. The topological polar surface area (TPSA) is 63.8 Å². The molecule has 0 radical (unpaired) electrons. The number of hydrogen-bond acceptors (Lipinski definition) is 4. The van der Waals surface area contributed by atoms with E-state index in [0.29, 0.717) is 6.54 Å². The van der Waals surface area contributed by atoms with Crippen molar-refractivity contribution in [3.8, 4) is 0 Å². The van der Waals surface area contributed by atoms with Crippen molar-refractivity contribution < 1.29 is 0 Å². The fourth-order valence-electron chi connectivity index (χ4n) is 2.26. The first-order chi connectivity index (χ1) is 7.76. The summed E-state index contributed by atoms with van der Waals surface area (Å²) < 4.78 is 0.897. The number of hydrogen-bond donors (Lipinski definition) is 2. The largest absolute Gasteiger partial charge is 0.362 e. The van der Waals surface area contributed by atoms with Crippen molar-refractivity contribution in [1.29, 1.82) is 0 Å². The molecule has 1 aliphatic rings. The van der Waals surface area contributed by atoms with E-state index < -0.39 is 0 Å². The van der Waals surface area contributed by atoms with Gasteiger partial charge in [-0.25, -0.2) is 9.97 Å². The molecule has 0 saturated heterocycles. The van der Waals surface area contributed by atoms with E-state index in [-0.39, 0.29) is 5.54 Å². The first kappa shape index (κ1) is 11.8. The summed E-state index contributed by atoms with van der Waals surface area (Å²) in [5.74, 6) is 0.849. The fourth-order valence-corrected chi connectivity index (χ4v) is 2.58. The molecule has 1 aromatic heterocycles. The molecule has 0 atom stereocenters. The summed E-state index contributed by atoms with van der Waals surface area (Å²) in [4.78, 5) is 8.20. The van der Waals surface area contributed by atoms with E-state index in [1.807, 2.05) is 0 Å². The van der Waals surface area contributed by atoms with Crippen LogP contribution in [-0.4, -0.2) is 22.1 Å². The molecule has 1 aromatic rings. The molecule has 4 nitrogen and oxygen atoms in total. The zero-order valence-electron chi connectivity index (χ0n) is 9.25. The minimum atomic E-state index is 0.0229. The Morgan fingerprint density at radius 2 is 2.12 bits per heavy atom. The Kier molecular flexibility index (Phi) is 3.76. The van der Waals surface area contributed by atoms with Crippen molar-refractivity contribution in [1.82, 2.24) is 9.97 Å². The molecule has 0 aliphatic heterocycles. The van der Waals surface area contributed by atoms with Crippen LogP contribution in [0, 0.1) is 0 Å². The van der Waals surface area contributed by atoms with Crippen LogP contribution in [-0.2, 0) is 0 Å². The summed E-state index contributed by atoms with van der Waals surface area (Å²) in [6.45, 7) is 0.656. The predicted octanol–water partition coefficient (Wildman–Crippen LogP) is 2.31. The van der Waals surface area contributed by atoms with Gasteiger partial charge in [-0.1, -0.05) is 19.3 Å². The average molecular weight is 285 g/mol. The fraction of sp³-hybridized carbons (Fsp3) is 0.636. The molecule has 0 amide bonds. The van der Waals surface area contributed by atoms with Gasteiger partial charge in [-0.05, 0) is 28.8 Å². The first-order valence-electron chi connectivity index (χ1n) is 5.69. The van der Waals surface area contributed by atoms with Gasteiger partial charge in [0.1, 0.15) is 12.1 Å². The second-order valence-corrected chi connectivity index (χ2v) is 5.24. The van der Waals surface area contributed by atoms with Crippen LogP contribution in [0.1, 0.15) is 32.1 Å². The molecule has 5 heteroatoms. The van der Waals surface area contributed by atoms with E-state index in [9.17, 15) is 0 Å². The maximum absolute atomic E-state index is 5.91. The number of halogens is 1. The van der Waals surface area contributed by atoms with Crippen molar-refractivity contribution in [2.24, 2.45) is 5.73 Å². The van der Waals surface area contributed by atoms with Crippen LogP contribution >= 0.6 is 15.9 Å². The summed E-state index contributed by atoms with van der Waals surface area (Å²) >= 11 is 3.45. The van der Waals surface area contributed by atoms with Gasteiger partial charge >= 0.3 is 0 Å². The highest BCUT2D eigenvalue weighted by Gasteiger charge is 2.31. The average Bonchev–Trinajstić information content (AvgIpc) is 2.33. The molecule has 1 heterocycles. The maximum Gasteiger partial charge on any atom is 0.144 e. The third-order valence-corrected chi connectivity index (χ3v) is 3.83. The van der Waals surface area contributed by atoms with E-state index in [4.69, 9.17) is 5.73 Å². The number of nitrogens with two attached hydrogens (primary N) is 1. The maximum atomic E-state index is 5.91. The molecule has 3 N–H and O–H groups in total. The van der Waals surface area contributed by atoms with Crippen molar-refractivity contribution in [3.05, 3.63) is 17.0 Å². The Hall–Kier alpha value is -0.680. The zero-order chi connectivity index (χ0) is 11.4. The minimum absolute atomic E-state index is 0.0229. The quantitative estimate of drug-likeness (QED) is 0.894. The van der Waals surface area contributed by atoms with Gasteiger partial charge in [0, 0.05) is 12.7 Å². The van der Waals surface area contributed by atoms with Gasteiger partial charge in [0.2, 0.25) is 0 Å². The van der Waals surface area contributed by atoms with Gasteiger partial charge in [0.15, 0.2) is 0 Å². The Balaban J connectivity index is 2.15. The van der Waals surface area contributed by atoms with Crippen LogP contribution in [0.25, 0.3) is 0 Å². The van der Waals surface area contributed by atoms with E-state index in [1.54, 1.807) is 12.5 Å². The molecular formula is C11H17BrN4.